The van der Waals surface area contributed by atoms with Gasteiger partial charge in [0.1, 0.15) is 0 Å². The van der Waals surface area contributed by atoms with Crippen LogP contribution in [-0.4, -0.2) is 47.3 Å². The first-order valence-corrected chi connectivity index (χ1v) is 9.75. The largest absolute Gasteiger partial charge is 0.395 e. The Morgan fingerprint density at radius 1 is 0.696 bits per heavy atom. The Labute approximate surface area is 143 Å². The number of hydrogen-bond acceptors (Lipinski definition) is 3. The van der Waals surface area contributed by atoms with Gasteiger partial charge in [0.2, 0.25) is 5.91 Å². The Bertz CT molecular complexity index is 253. The minimum absolute atomic E-state index is 0.0375. The number of hydrogen-bond donors (Lipinski definition) is 2. The average Bonchev–Trinajstić information content (AvgIpc) is 2.55. The summed E-state index contributed by atoms with van der Waals surface area (Å²) in [5.41, 5.74) is 0. The van der Waals surface area contributed by atoms with Crippen molar-refractivity contribution < 1.29 is 15.0 Å². The van der Waals surface area contributed by atoms with Crippen molar-refractivity contribution >= 4 is 5.91 Å². The van der Waals surface area contributed by atoms with Crippen LogP contribution in [0.1, 0.15) is 90.4 Å². The highest BCUT2D eigenvalue weighted by Gasteiger charge is 2.11. The van der Waals surface area contributed by atoms with E-state index in [0.717, 1.165) is 12.8 Å². The van der Waals surface area contributed by atoms with Crippen molar-refractivity contribution in [3.05, 3.63) is 0 Å². The molecule has 0 rings (SSSR count). The summed E-state index contributed by atoms with van der Waals surface area (Å²) in [6.07, 6.45) is 16.0. The van der Waals surface area contributed by atoms with E-state index in [1.807, 2.05) is 0 Å². The molecule has 0 saturated heterocycles. The molecular weight excluding hydrogens is 290 g/mol. The van der Waals surface area contributed by atoms with Crippen LogP contribution in [0.5, 0.6) is 0 Å². The van der Waals surface area contributed by atoms with Crippen molar-refractivity contribution in [3.63, 3.8) is 0 Å². The fraction of sp³-hybridized carbons (Fsp3) is 0.947. The number of aliphatic hydroxyl groups excluding tert-OH is 2. The molecule has 0 saturated carbocycles. The van der Waals surface area contributed by atoms with E-state index in [9.17, 15) is 4.79 Å². The molecule has 4 nitrogen and oxygen atoms in total. The van der Waals surface area contributed by atoms with Crippen molar-refractivity contribution in [2.75, 3.05) is 26.3 Å². The van der Waals surface area contributed by atoms with Crippen LogP contribution in [0.2, 0.25) is 0 Å². The van der Waals surface area contributed by atoms with Gasteiger partial charge in [-0.3, -0.25) is 4.79 Å². The number of unbranched alkanes of at least 4 members (excludes halogenated alkanes) is 11. The normalized spacial score (nSPS) is 10.9. The van der Waals surface area contributed by atoms with Gasteiger partial charge < -0.3 is 15.1 Å². The van der Waals surface area contributed by atoms with Gasteiger partial charge in [0, 0.05) is 19.5 Å². The summed E-state index contributed by atoms with van der Waals surface area (Å²) >= 11 is 0. The lowest BCUT2D eigenvalue weighted by atomic mass is 10.0. The van der Waals surface area contributed by atoms with E-state index in [0.29, 0.717) is 19.5 Å². The fourth-order valence-electron chi connectivity index (χ4n) is 2.88. The summed E-state index contributed by atoms with van der Waals surface area (Å²) in [6.45, 7) is 2.84. The van der Waals surface area contributed by atoms with E-state index in [4.69, 9.17) is 10.2 Å². The van der Waals surface area contributed by atoms with Gasteiger partial charge in [0.05, 0.1) is 13.2 Å². The number of aliphatic hydroxyl groups is 2. The van der Waals surface area contributed by atoms with E-state index >= 15 is 0 Å². The Hall–Kier alpha value is -0.610. The molecule has 0 aromatic rings. The molecule has 0 unspecified atom stereocenters. The molecule has 0 aliphatic rings. The molecule has 0 aliphatic carbocycles. The minimum atomic E-state index is -0.0375. The summed E-state index contributed by atoms with van der Waals surface area (Å²) in [6, 6.07) is 0. The highest BCUT2D eigenvalue weighted by molar-refractivity contribution is 5.76. The molecule has 23 heavy (non-hydrogen) atoms. The zero-order valence-corrected chi connectivity index (χ0v) is 15.3. The van der Waals surface area contributed by atoms with E-state index in [2.05, 4.69) is 6.92 Å². The maximum absolute atomic E-state index is 11.9. The third-order valence-electron chi connectivity index (χ3n) is 4.34. The quantitative estimate of drug-likeness (QED) is 0.398. The maximum Gasteiger partial charge on any atom is 0.222 e. The fourth-order valence-corrected chi connectivity index (χ4v) is 2.88. The van der Waals surface area contributed by atoms with Crippen LogP contribution < -0.4 is 0 Å². The van der Waals surface area contributed by atoms with Gasteiger partial charge in [-0.2, -0.15) is 0 Å². The van der Waals surface area contributed by atoms with Crippen molar-refractivity contribution in [1.82, 2.24) is 4.90 Å². The summed E-state index contributed by atoms with van der Waals surface area (Å²) in [7, 11) is 0. The molecule has 0 atom stereocenters. The lowest BCUT2D eigenvalue weighted by Crippen LogP contribution is -2.35. The van der Waals surface area contributed by atoms with Crippen LogP contribution in [-0.2, 0) is 4.79 Å². The van der Waals surface area contributed by atoms with Crippen molar-refractivity contribution in [2.45, 2.75) is 90.4 Å². The maximum atomic E-state index is 11.9. The first kappa shape index (κ1) is 22.4. The molecule has 0 fully saturated rings. The molecular formula is C19H39NO3. The van der Waals surface area contributed by atoms with Crippen LogP contribution in [0.25, 0.3) is 0 Å². The number of rotatable bonds is 17. The molecule has 4 heteroatoms. The number of amides is 1. The van der Waals surface area contributed by atoms with E-state index in [1.54, 1.807) is 4.90 Å². The highest BCUT2D eigenvalue weighted by Crippen LogP contribution is 2.12. The zero-order valence-electron chi connectivity index (χ0n) is 15.3. The number of carbonyl (C=O) groups is 1. The van der Waals surface area contributed by atoms with Crippen LogP contribution in [0.4, 0.5) is 0 Å². The monoisotopic (exact) mass is 329 g/mol. The Balaban J connectivity index is 3.36. The lowest BCUT2D eigenvalue weighted by molar-refractivity contribution is -0.132. The third kappa shape index (κ3) is 14.7. The first-order chi connectivity index (χ1) is 11.3. The van der Waals surface area contributed by atoms with Crippen molar-refractivity contribution in [3.8, 4) is 0 Å². The Kier molecular flexibility index (Phi) is 17.3. The standard InChI is InChI=1S/C19H39NO3/c1-2-3-4-5-6-7-8-9-10-11-12-13-14-19(23)20(15-17-21)16-18-22/h21-22H,2-18H2,1H3. The van der Waals surface area contributed by atoms with Crippen molar-refractivity contribution in [2.24, 2.45) is 0 Å². The van der Waals surface area contributed by atoms with Gasteiger partial charge in [-0.05, 0) is 6.42 Å². The van der Waals surface area contributed by atoms with E-state index < -0.39 is 0 Å². The molecule has 0 aromatic carbocycles. The smallest absolute Gasteiger partial charge is 0.222 e. The first-order valence-electron chi connectivity index (χ1n) is 9.75. The molecule has 1 amide bonds. The molecule has 138 valence electrons. The highest BCUT2D eigenvalue weighted by atomic mass is 16.3. The zero-order chi connectivity index (χ0) is 17.2. The molecule has 0 heterocycles. The molecule has 0 aliphatic heterocycles. The number of carbonyl (C=O) groups excluding carboxylic acids is 1. The van der Waals surface area contributed by atoms with Gasteiger partial charge in [-0.15, -0.1) is 0 Å². The van der Waals surface area contributed by atoms with Crippen LogP contribution >= 0.6 is 0 Å². The topological polar surface area (TPSA) is 60.8 Å². The van der Waals surface area contributed by atoms with E-state index in [-0.39, 0.29) is 19.1 Å². The van der Waals surface area contributed by atoms with Crippen molar-refractivity contribution in [1.29, 1.82) is 0 Å². The minimum Gasteiger partial charge on any atom is -0.395 e. The van der Waals surface area contributed by atoms with Crippen LogP contribution in [0.3, 0.4) is 0 Å². The van der Waals surface area contributed by atoms with Gasteiger partial charge >= 0.3 is 0 Å². The molecule has 0 spiro atoms. The summed E-state index contributed by atoms with van der Waals surface area (Å²) < 4.78 is 0. The van der Waals surface area contributed by atoms with Gasteiger partial charge in [-0.25, -0.2) is 0 Å². The van der Waals surface area contributed by atoms with Gasteiger partial charge in [0.25, 0.3) is 0 Å². The molecule has 0 radical (unpaired) electrons. The van der Waals surface area contributed by atoms with E-state index in [1.165, 1.54) is 64.2 Å². The summed E-state index contributed by atoms with van der Waals surface area (Å²) in [4.78, 5) is 13.5. The summed E-state index contributed by atoms with van der Waals surface area (Å²) in [5, 5.41) is 17.8. The second kappa shape index (κ2) is 17.7. The third-order valence-corrected chi connectivity index (χ3v) is 4.34. The van der Waals surface area contributed by atoms with Crippen LogP contribution in [0.15, 0.2) is 0 Å². The second-order valence-electron chi connectivity index (χ2n) is 6.47. The predicted molar refractivity (Wildman–Crippen MR) is 96.4 cm³/mol. The second-order valence-corrected chi connectivity index (χ2v) is 6.47. The lowest BCUT2D eigenvalue weighted by Gasteiger charge is -2.20. The number of nitrogens with zero attached hydrogens (tertiary/aromatic N) is 1. The van der Waals surface area contributed by atoms with Crippen LogP contribution in [0, 0.1) is 0 Å². The summed E-state index contributed by atoms with van der Waals surface area (Å²) in [5.74, 6) is 0.0557. The molecule has 2 N–H and O–H groups in total. The SMILES string of the molecule is CCCCCCCCCCCCCCC(=O)N(CCO)CCO. The van der Waals surface area contributed by atoms with Gasteiger partial charge in [-0.1, -0.05) is 77.6 Å². The molecule has 0 aromatic heterocycles. The van der Waals surface area contributed by atoms with Gasteiger partial charge in [0.15, 0.2) is 0 Å². The predicted octanol–water partition coefficient (Wildman–Crippen LogP) is 3.89. The average molecular weight is 330 g/mol. The Morgan fingerprint density at radius 3 is 1.48 bits per heavy atom. The molecule has 0 bridgehead atoms. The Morgan fingerprint density at radius 2 is 1.09 bits per heavy atom.